The second kappa shape index (κ2) is 13.6. The molecule has 1 aliphatic heterocycles. The summed E-state index contributed by atoms with van der Waals surface area (Å²) < 4.78 is 0. The molecule has 41 heavy (non-hydrogen) atoms. The second-order valence-electron chi connectivity index (χ2n) is 10.2. The van der Waals surface area contributed by atoms with Crippen LogP contribution in [0.2, 0.25) is 0 Å². The summed E-state index contributed by atoms with van der Waals surface area (Å²) in [5.41, 5.74) is 9.07. The summed E-state index contributed by atoms with van der Waals surface area (Å²) in [6, 6.07) is 19.8. The van der Waals surface area contributed by atoms with Crippen LogP contribution in [0.1, 0.15) is 29.2 Å². The molecule has 10 heteroatoms. The highest BCUT2D eigenvalue weighted by Crippen LogP contribution is 2.21. The van der Waals surface area contributed by atoms with Crippen LogP contribution in [0.5, 0.6) is 5.75 Å². The van der Waals surface area contributed by atoms with E-state index in [2.05, 4.69) is 21.3 Å². The van der Waals surface area contributed by atoms with Crippen molar-refractivity contribution in [2.24, 2.45) is 5.73 Å². The lowest BCUT2D eigenvalue weighted by Crippen LogP contribution is -2.58. The lowest BCUT2D eigenvalue weighted by Gasteiger charge is -2.27. The Morgan fingerprint density at radius 2 is 1.41 bits per heavy atom. The van der Waals surface area contributed by atoms with Gasteiger partial charge in [0, 0.05) is 19.4 Å². The number of carbonyl (C=O) groups excluding carboxylic acids is 4. The zero-order chi connectivity index (χ0) is 29.4. The monoisotopic (exact) mass is 557 g/mol. The smallest absolute Gasteiger partial charge is 0.243 e. The van der Waals surface area contributed by atoms with Gasteiger partial charge in [-0.2, -0.15) is 0 Å². The maximum atomic E-state index is 13.4. The van der Waals surface area contributed by atoms with Gasteiger partial charge in [0.1, 0.15) is 23.9 Å². The van der Waals surface area contributed by atoms with Gasteiger partial charge in [-0.1, -0.05) is 66.7 Å². The highest BCUT2D eigenvalue weighted by Gasteiger charge is 2.30. The number of hydrogen-bond acceptors (Lipinski definition) is 6. The van der Waals surface area contributed by atoms with E-state index in [-0.39, 0.29) is 24.5 Å². The molecule has 0 radical (unpaired) electrons. The van der Waals surface area contributed by atoms with E-state index in [4.69, 9.17) is 5.73 Å². The Kier molecular flexibility index (Phi) is 9.70. The number of amides is 4. The molecule has 4 atom stereocenters. The van der Waals surface area contributed by atoms with E-state index in [0.29, 0.717) is 13.0 Å². The third kappa shape index (κ3) is 8.15. The highest BCUT2D eigenvalue weighted by molar-refractivity contribution is 5.94. The quantitative estimate of drug-likeness (QED) is 0.205. The summed E-state index contributed by atoms with van der Waals surface area (Å²) in [7, 11) is 0. The number of aromatic hydroxyl groups is 1. The van der Waals surface area contributed by atoms with Crippen LogP contribution in [-0.2, 0) is 45.0 Å². The summed E-state index contributed by atoms with van der Waals surface area (Å²) >= 11 is 0. The van der Waals surface area contributed by atoms with E-state index in [1.54, 1.807) is 12.1 Å². The highest BCUT2D eigenvalue weighted by atomic mass is 16.3. The van der Waals surface area contributed by atoms with Crippen LogP contribution < -0.4 is 27.0 Å². The van der Waals surface area contributed by atoms with Crippen molar-refractivity contribution < 1.29 is 24.3 Å². The number of hydrogen-bond donors (Lipinski definition) is 6. The summed E-state index contributed by atoms with van der Waals surface area (Å²) in [6.07, 6.45) is 0.731. The summed E-state index contributed by atoms with van der Waals surface area (Å²) in [5, 5.41) is 21.1. The first kappa shape index (κ1) is 29.3. The molecule has 0 fully saturated rings. The number of carbonyl (C=O) groups is 4. The maximum Gasteiger partial charge on any atom is 0.243 e. The van der Waals surface area contributed by atoms with Gasteiger partial charge in [-0.15, -0.1) is 0 Å². The Labute approximate surface area is 238 Å². The minimum absolute atomic E-state index is 0.127. The number of rotatable bonds is 11. The molecule has 0 aromatic heterocycles. The number of primary amides is 1. The van der Waals surface area contributed by atoms with Crippen molar-refractivity contribution in [3.05, 3.63) is 101 Å². The van der Waals surface area contributed by atoms with Gasteiger partial charge in [-0.3, -0.25) is 19.2 Å². The third-order valence-corrected chi connectivity index (χ3v) is 7.08. The first-order valence-electron chi connectivity index (χ1n) is 13.5. The minimum Gasteiger partial charge on any atom is -0.508 e. The summed E-state index contributed by atoms with van der Waals surface area (Å²) in [6.45, 7) is 1.99. The molecule has 1 heterocycles. The van der Waals surface area contributed by atoms with Crippen LogP contribution in [-0.4, -0.2) is 52.9 Å². The zero-order valence-corrected chi connectivity index (χ0v) is 22.8. The molecular weight excluding hydrogens is 522 g/mol. The average Bonchev–Trinajstić information content (AvgIpc) is 2.96. The van der Waals surface area contributed by atoms with Crippen molar-refractivity contribution in [3.63, 3.8) is 0 Å². The lowest BCUT2D eigenvalue weighted by molar-refractivity contribution is -0.133. The topological polar surface area (TPSA) is 163 Å². The lowest BCUT2D eigenvalue weighted by atomic mass is 9.95. The van der Waals surface area contributed by atoms with E-state index in [0.717, 1.165) is 22.3 Å². The number of phenols is 1. The SMILES string of the molecule is C[C@@H](NC(=O)C1Cc2cc(O)ccc2CN1)C(=O)N[C@@H](Cc1ccccc1)C(=O)N[C@@H](Cc1ccccc1)C(N)=O. The van der Waals surface area contributed by atoms with Crippen LogP contribution in [0.25, 0.3) is 0 Å². The first-order chi connectivity index (χ1) is 19.7. The van der Waals surface area contributed by atoms with Crippen LogP contribution in [0, 0.1) is 0 Å². The molecule has 0 saturated carbocycles. The van der Waals surface area contributed by atoms with Gasteiger partial charge in [-0.05, 0) is 47.7 Å². The largest absolute Gasteiger partial charge is 0.508 e. The van der Waals surface area contributed by atoms with Crippen molar-refractivity contribution in [1.29, 1.82) is 0 Å². The molecule has 0 spiro atoms. The fourth-order valence-electron chi connectivity index (χ4n) is 4.77. The van der Waals surface area contributed by atoms with Gasteiger partial charge < -0.3 is 32.1 Å². The predicted octanol–water partition coefficient (Wildman–Crippen LogP) is 0.852. The molecule has 4 rings (SSSR count). The number of phenolic OH excluding ortho intramolecular Hbond substituents is 1. The molecule has 0 aliphatic carbocycles. The van der Waals surface area contributed by atoms with Crippen LogP contribution in [0.3, 0.4) is 0 Å². The molecule has 0 saturated heterocycles. The van der Waals surface area contributed by atoms with E-state index >= 15 is 0 Å². The zero-order valence-electron chi connectivity index (χ0n) is 22.8. The molecule has 1 unspecified atom stereocenters. The number of nitrogens with two attached hydrogens (primary N) is 1. The van der Waals surface area contributed by atoms with Crippen LogP contribution in [0.4, 0.5) is 0 Å². The van der Waals surface area contributed by atoms with Gasteiger partial charge in [0.05, 0.1) is 6.04 Å². The van der Waals surface area contributed by atoms with Crippen molar-refractivity contribution in [2.75, 3.05) is 0 Å². The number of benzene rings is 3. The molecule has 7 N–H and O–H groups in total. The molecular formula is C31H35N5O5. The van der Waals surface area contributed by atoms with Gasteiger partial charge in [0.15, 0.2) is 0 Å². The number of fused-ring (bicyclic) bond motifs is 1. The van der Waals surface area contributed by atoms with E-state index < -0.39 is 41.9 Å². The maximum absolute atomic E-state index is 13.4. The van der Waals surface area contributed by atoms with E-state index in [1.165, 1.54) is 6.92 Å². The molecule has 214 valence electrons. The van der Waals surface area contributed by atoms with Gasteiger partial charge in [0.2, 0.25) is 23.6 Å². The van der Waals surface area contributed by atoms with Crippen molar-refractivity contribution in [3.8, 4) is 5.75 Å². The third-order valence-electron chi connectivity index (χ3n) is 7.08. The van der Waals surface area contributed by atoms with Crippen molar-refractivity contribution >= 4 is 23.6 Å². The van der Waals surface area contributed by atoms with Gasteiger partial charge >= 0.3 is 0 Å². The Morgan fingerprint density at radius 3 is 2.02 bits per heavy atom. The van der Waals surface area contributed by atoms with E-state index in [1.807, 2.05) is 66.7 Å². The average molecular weight is 558 g/mol. The predicted molar refractivity (Wildman–Crippen MR) is 153 cm³/mol. The molecule has 0 bridgehead atoms. The molecule has 3 aromatic carbocycles. The summed E-state index contributed by atoms with van der Waals surface area (Å²) in [5.74, 6) is -2.06. The van der Waals surface area contributed by atoms with Crippen LogP contribution >= 0.6 is 0 Å². The fraction of sp³-hybridized carbons (Fsp3) is 0.290. The summed E-state index contributed by atoms with van der Waals surface area (Å²) in [4.78, 5) is 51.7. The molecule has 3 aromatic rings. The Balaban J connectivity index is 1.41. The fourth-order valence-corrected chi connectivity index (χ4v) is 4.77. The number of nitrogens with one attached hydrogen (secondary N) is 4. The van der Waals surface area contributed by atoms with Crippen molar-refractivity contribution in [2.45, 2.75) is 56.9 Å². The molecule has 4 amide bonds. The first-order valence-corrected chi connectivity index (χ1v) is 13.5. The van der Waals surface area contributed by atoms with E-state index in [9.17, 15) is 24.3 Å². The molecule has 1 aliphatic rings. The minimum atomic E-state index is -1.02. The standard InChI is InChI=1S/C31H35N5O5/c1-19(34-30(40)26-17-23-16-24(37)13-12-22(23)18-33-26)29(39)36-27(15-21-10-6-3-7-11-21)31(41)35-25(28(32)38)14-20-8-4-2-5-9-20/h2-13,16,19,25-27,33,37H,14-15,17-18H2,1H3,(H2,32,38)(H,34,40)(H,35,41)(H,36,39)/t19-,25+,26?,27+/m1/s1. The Hall–Kier alpha value is -4.70. The molecule has 10 nitrogen and oxygen atoms in total. The normalized spacial score (nSPS) is 16.4. The Morgan fingerprint density at radius 1 is 0.829 bits per heavy atom. The second-order valence-corrected chi connectivity index (χ2v) is 10.2. The Bertz CT molecular complexity index is 1380. The van der Waals surface area contributed by atoms with Crippen LogP contribution in [0.15, 0.2) is 78.9 Å². The van der Waals surface area contributed by atoms with Gasteiger partial charge in [-0.25, -0.2) is 0 Å². The van der Waals surface area contributed by atoms with Gasteiger partial charge in [0.25, 0.3) is 0 Å². The van der Waals surface area contributed by atoms with Crippen molar-refractivity contribution in [1.82, 2.24) is 21.3 Å².